The van der Waals surface area contributed by atoms with E-state index in [0.29, 0.717) is 12.3 Å². The zero-order valence-corrected chi connectivity index (χ0v) is 10.0. The van der Waals surface area contributed by atoms with Crippen LogP contribution in [0.1, 0.15) is 12.5 Å². The average Bonchev–Trinajstić information content (AvgIpc) is 2.39. The molecule has 1 heterocycles. The van der Waals surface area contributed by atoms with E-state index in [1.807, 2.05) is 18.2 Å². The molecule has 0 unspecified atom stereocenters. The van der Waals surface area contributed by atoms with Gasteiger partial charge in [-0.05, 0) is 12.5 Å². The van der Waals surface area contributed by atoms with Crippen LogP contribution in [0.5, 0.6) is 0 Å². The van der Waals surface area contributed by atoms with Crippen LogP contribution < -0.4 is 0 Å². The summed E-state index contributed by atoms with van der Waals surface area (Å²) >= 11 is 0. The Morgan fingerprint density at radius 1 is 1.47 bits per heavy atom. The largest absolute Gasteiger partial charge is 0.411 e. The average molecular weight is 234 g/mol. The summed E-state index contributed by atoms with van der Waals surface area (Å²) in [5.41, 5.74) is 1.94. The first-order valence-corrected chi connectivity index (χ1v) is 5.86. The SMILES string of the molecule is C/C(=N\O)[C@H]1CN(Cc2ccccc2)CCO1. The number of hydrogen-bond donors (Lipinski definition) is 1. The summed E-state index contributed by atoms with van der Waals surface area (Å²) in [5, 5.41) is 12.0. The van der Waals surface area contributed by atoms with Crippen LogP contribution in [0.4, 0.5) is 0 Å². The van der Waals surface area contributed by atoms with Gasteiger partial charge in [0.05, 0.1) is 12.3 Å². The fraction of sp³-hybridized carbons (Fsp3) is 0.462. The van der Waals surface area contributed by atoms with Gasteiger partial charge in [-0.25, -0.2) is 0 Å². The fourth-order valence-electron chi connectivity index (χ4n) is 2.00. The predicted molar refractivity (Wildman–Crippen MR) is 66.4 cm³/mol. The molecule has 0 spiro atoms. The van der Waals surface area contributed by atoms with E-state index in [0.717, 1.165) is 19.6 Å². The third kappa shape index (κ3) is 3.28. The Labute approximate surface area is 101 Å². The zero-order chi connectivity index (χ0) is 12.1. The second-order valence-corrected chi connectivity index (χ2v) is 4.32. The molecule has 1 aliphatic heterocycles. The van der Waals surface area contributed by atoms with Crippen LogP contribution in [-0.2, 0) is 11.3 Å². The maximum Gasteiger partial charge on any atom is 0.111 e. The van der Waals surface area contributed by atoms with Crippen molar-refractivity contribution in [3.05, 3.63) is 35.9 Å². The maximum atomic E-state index is 8.75. The standard InChI is InChI=1S/C13H18N2O2/c1-11(14-16)13-10-15(7-8-17-13)9-12-5-3-2-4-6-12/h2-6,13,16H,7-10H2,1H3/b14-11+/t13-/m1/s1. The summed E-state index contributed by atoms with van der Waals surface area (Å²) in [5.74, 6) is 0. The van der Waals surface area contributed by atoms with Crippen LogP contribution in [0.25, 0.3) is 0 Å². The van der Waals surface area contributed by atoms with Crippen LogP contribution in [0, 0.1) is 0 Å². The minimum Gasteiger partial charge on any atom is -0.411 e. The first-order chi connectivity index (χ1) is 8.29. The lowest BCUT2D eigenvalue weighted by Gasteiger charge is -2.32. The molecule has 0 saturated carbocycles. The minimum absolute atomic E-state index is 0.0857. The highest BCUT2D eigenvalue weighted by Gasteiger charge is 2.22. The summed E-state index contributed by atoms with van der Waals surface area (Å²) in [6, 6.07) is 10.4. The van der Waals surface area contributed by atoms with Crippen LogP contribution in [0.2, 0.25) is 0 Å². The number of ether oxygens (including phenoxy) is 1. The fourth-order valence-corrected chi connectivity index (χ4v) is 2.00. The molecule has 1 aromatic carbocycles. The Bertz CT molecular complexity index is 378. The second-order valence-electron chi connectivity index (χ2n) is 4.32. The van der Waals surface area contributed by atoms with Gasteiger partial charge < -0.3 is 9.94 Å². The Balaban J connectivity index is 1.94. The third-order valence-electron chi connectivity index (χ3n) is 3.02. The maximum absolute atomic E-state index is 8.75. The first kappa shape index (κ1) is 12.1. The van der Waals surface area contributed by atoms with Gasteiger partial charge in [-0.15, -0.1) is 0 Å². The number of morpholine rings is 1. The first-order valence-electron chi connectivity index (χ1n) is 5.86. The molecule has 1 saturated heterocycles. The van der Waals surface area contributed by atoms with Gasteiger partial charge in [0.2, 0.25) is 0 Å². The lowest BCUT2D eigenvalue weighted by molar-refractivity contribution is 0.00175. The van der Waals surface area contributed by atoms with Crippen molar-refractivity contribution in [2.24, 2.45) is 5.16 Å². The van der Waals surface area contributed by atoms with Gasteiger partial charge in [-0.3, -0.25) is 4.90 Å². The summed E-state index contributed by atoms with van der Waals surface area (Å²) in [6.07, 6.45) is -0.0857. The Morgan fingerprint density at radius 2 is 2.24 bits per heavy atom. The van der Waals surface area contributed by atoms with Crippen molar-refractivity contribution in [2.45, 2.75) is 19.6 Å². The highest BCUT2D eigenvalue weighted by molar-refractivity contribution is 5.86. The van der Waals surface area contributed by atoms with Gasteiger partial charge in [0.1, 0.15) is 6.10 Å². The van der Waals surface area contributed by atoms with Crippen LogP contribution in [0.3, 0.4) is 0 Å². The molecule has 1 atom stereocenters. The van der Waals surface area contributed by atoms with Gasteiger partial charge in [0.15, 0.2) is 0 Å². The van der Waals surface area contributed by atoms with Crippen molar-refractivity contribution in [3.8, 4) is 0 Å². The Morgan fingerprint density at radius 3 is 2.94 bits per heavy atom. The van der Waals surface area contributed by atoms with E-state index in [9.17, 15) is 0 Å². The molecule has 0 bridgehead atoms. The van der Waals surface area contributed by atoms with Crippen molar-refractivity contribution in [2.75, 3.05) is 19.7 Å². The van der Waals surface area contributed by atoms with Crippen LogP contribution in [0.15, 0.2) is 35.5 Å². The molecule has 17 heavy (non-hydrogen) atoms. The van der Waals surface area contributed by atoms with Crippen molar-refractivity contribution >= 4 is 5.71 Å². The lowest BCUT2D eigenvalue weighted by atomic mass is 10.1. The molecule has 0 radical (unpaired) electrons. The summed E-state index contributed by atoms with van der Waals surface area (Å²) < 4.78 is 5.57. The predicted octanol–water partition coefficient (Wildman–Crippen LogP) is 1.74. The number of oxime groups is 1. The monoisotopic (exact) mass is 234 g/mol. The van der Waals surface area contributed by atoms with Crippen LogP contribution in [-0.4, -0.2) is 41.6 Å². The summed E-state index contributed by atoms with van der Waals surface area (Å²) in [6.45, 7) is 5.09. The van der Waals surface area contributed by atoms with E-state index in [-0.39, 0.29) is 6.10 Å². The smallest absolute Gasteiger partial charge is 0.111 e. The normalized spacial score (nSPS) is 22.6. The Hall–Kier alpha value is -1.39. The molecule has 4 heteroatoms. The lowest BCUT2D eigenvalue weighted by Crippen LogP contribution is -2.44. The van der Waals surface area contributed by atoms with Gasteiger partial charge in [0.25, 0.3) is 0 Å². The molecular formula is C13H18N2O2. The van der Waals surface area contributed by atoms with E-state index < -0.39 is 0 Å². The van der Waals surface area contributed by atoms with Gasteiger partial charge in [0, 0.05) is 19.6 Å². The highest BCUT2D eigenvalue weighted by atomic mass is 16.5. The van der Waals surface area contributed by atoms with Crippen LogP contribution >= 0.6 is 0 Å². The van der Waals surface area contributed by atoms with Crippen molar-refractivity contribution in [1.29, 1.82) is 0 Å². The molecule has 2 rings (SSSR count). The van der Waals surface area contributed by atoms with E-state index in [1.165, 1.54) is 5.56 Å². The van der Waals surface area contributed by atoms with Crippen molar-refractivity contribution in [1.82, 2.24) is 4.90 Å². The Kier molecular flexibility index (Phi) is 4.12. The van der Waals surface area contributed by atoms with Crippen molar-refractivity contribution < 1.29 is 9.94 Å². The number of rotatable bonds is 3. The van der Waals surface area contributed by atoms with E-state index in [4.69, 9.17) is 9.94 Å². The molecular weight excluding hydrogens is 216 g/mol. The van der Waals surface area contributed by atoms with Gasteiger partial charge in [-0.1, -0.05) is 35.5 Å². The van der Waals surface area contributed by atoms with E-state index in [1.54, 1.807) is 6.92 Å². The highest BCUT2D eigenvalue weighted by Crippen LogP contribution is 2.11. The molecule has 0 aromatic heterocycles. The third-order valence-corrected chi connectivity index (χ3v) is 3.02. The molecule has 1 fully saturated rings. The minimum atomic E-state index is -0.0857. The topological polar surface area (TPSA) is 45.1 Å². The summed E-state index contributed by atoms with van der Waals surface area (Å²) in [7, 11) is 0. The van der Waals surface area contributed by atoms with Gasteiger partial charge >= 0.3 is 0 Å². The molecule has 1 aromatic rings. The van der Waals surface area contributed by atoms with Gasteiger partial charge in [-0.2, -0.15) is 0 Å². The quantitative estimate of drug-likeness (QED) is 0.492. The summed E-state index contributed by atoms with van der Waals surface area (Å²) in [4.78, 5) is 2.32. The number of benzene rings is 1. The molecule has 92 valence electrons. The molecule has 1 aliphatic rings. The van der Waals surface area contributed by atoms with E-state index >= 15 is 0 Å². The number of nitrogens with zero attached hydrogens (tertiary/aromatic N) is 2. The van der Waals surface area contributed by atoms with E-state index in [2.05, 4.69) is 22.2 Å². The second kappa shape index (κ2) is 5.80. The molecule has 0 aliphatic carbocycles. The number of hydrogen-bond acceptors (Lipinski definition) is 4. The molecule has 4 nitrogen and oxygen atoms in total. The molecule has 0 amide bonds. The molecule has 1 N–H and O–H groups in total. The van der Waals surface area contributed by atoms with Crippen molar-refractivity contribution in [3.63, 3.8) is 0 Å². The zero-order valence-electron chi connectivity index (χ0n) is 10.0.